The average Bonchev–Trinajstić information content (AvgIpc) is 2.56. The highest BCUT2D eigenvalue weighted by Crippen LogP contribution is 2.27. The molecule has 3 nitrogen and oxygen atoms in total. The molecule has 1 aromatic carbocycles. The van der Waals surface area contributed by atoms with Crippen molar-refractivity contribution in [2.75, 3.05) is 0 Å². The van der Waals surface area contributed by atoms with Gasteiger partial charge in [0.1, 0.15) is 0 Å². The molecule has 0 bridgehead atoms. The van der Waals surface area contributed by atoms with E-state index in [1.807, 2.05) is 38.2 Å². The van der Waals surface area contributed by atoms with E-state index in [4.69, 9.17) is 11.6 Å². The molecular formula is C13H14ClIN2O. The summed E-state index contributed by atoms with van der Waals surface area (Å²) in [6.07, 6.45) is -0.0960. The van der Waals surface area contributed by atoms with Crippen LogP contribution in [0.3, 0.4) is 0 Å². The van der Waals surface area contributed by atoms with Crippen molar-refractivity contribution in [3.63, 3.8) is 0 Å². The minimum atomic E-state index is -0.564. The Balaban J connectivity index is 2.27. The van der Waals surface area contributed by atoms with Crippen molar-refractivity contribution in [2.24, 2.45) is 7.05 Å². The molecular weight excluding hydrogens is 363 g/mol. The summed E-state index contributed by atoms with van der Waals surface area (Å²) >= 11 is 8.41. The molecule has 0 aliphatic rings. The first-order valence-electron chi connectivity index (χ1n) is 5.61. The lowest BCUT2D eigenvalue weighted by molar-refractivity contribution is 0.175. The minimum Gasteiger partial charge on any atom is -0.388 e. The van der Waals surface area contributed by atoms with Crippen molar-refractivity contribution in [1.82, 2.24) is 9.78 Å². The van der Waals surface area contributed by atoms with Crippen molar-refractivity contribution in [2.45, 2.75) is 19.4 Å². The Kier molecular flexibility index (Phi) is 4.29. The van der Waals surface area contributed by atoms with E-state index in [1.54, 1.807) is 4.68 Å². The van der Waals surface area contributed by atoms with Crippen LogP contribution in [0.15, 0.2) is 24.3 Å². The second kappa shape index (κ2) is 5.59. The summed E-state index contributed by atoms with van der Waals surface area (Å²) in [6.45, 7) is 1.87. The number of nitrogens with zero attached hydrogens (tertiary/aromatic N) is 2. The quantitative estimate of drug-likeness (QED) is 0.835. The Hall–Kier alpha value is -0.590. The third kappa shape index (κ3) is 2.70. The van der Waals surface area contributed by atoms with Gasteiger partial charge in [0.25, 0.3) is 0 Å². The van der Waals surface area contributed by atoms with E-state index >= 15 is 0 Å². The molecule has 1 heterocycles. The van der Waals surface area contributed by atoms with Crippen LogP contribution in [0.2, 0.25) is 5.02 Å². The van der Waals surface area contributed by atoms with Crippen LogP contribution in [-0.4, -0.2) is 14.9 Å². The first kappa shape index (κ1) is 13.8. The molecule has 0 saturated heterocycles. The van der Waals surface area contributed by atoms with Gasteiger partial charge in [-0.05, 0) is 41.1 Å². The molecule has 2 rings (SSSR count). The highest BCUT2D eigenvalue weighted by molar-refractivity contribution is 14.1. The minimum absolute atomic E-state index is 0.468. The molecule has 1 unspecified atom stereocenters. The van der Waals surface area contributed by atoms with Crippen molar-refractivity contribution < 1.29 is 5.11 Å². The first-order chi connectivity index (χ1) is 8.50. The van der Waals surface area contributed by atoms with Crippen LogP contribution < -0.4 is 0 Å². The van der Waals surface area contributed by atoms with E-state index in [0.717, 1.165) is 20.5 Å². The van der Waals surface area contributed by atoms with Gasteiger partial charge in [-0.1, -0.05) is 29.8 Å². The van der Waals surface area contributed by atoms with Crippen LogP contribution in [-0.2, 0) is 13.5 Å². The number of benzene rings is 1. The third-order valence-electron chi connectivity index (χ3n) is 2.91. The molecule has 0 saturated carbocycles. The summed E-state index contributed by atoms with van der Waals surface area (Å²) in [5.41, 5.74) is 2.58. The normalized spacial score (nSPS) is 12.7. The van der Waals surface area contributed by atoms with Gasteiger partial charge in [0, 0.05) is 17.0 Å². The fourth-order valence-electron chi connectivity index (χ4n) is 1.94. The SMILES string of the molecule is Cc1nn(C)c(CC(O)c2ccccc2I)c1Cl. The molecule has 0 amide bonds. The lowest BCUT2D eigenvalue weighted by atomic mass is 10.0. The predicted octanol–water partition coefficient (Wildman–Crippen LogP) is 3.26. The van der Waals surface area contributed by atoms with Gasteiger partial charge in [-0.2, -0.15) is 5.10 Å². The number of hydrogen-bond donors (Lipinski definition) is 1. The third-order valence-corrected chi connectivity index (χ3v) is 4.39. The maximum absolute atomic E-state index is 10.3. The number of halogens is 2. The highest BCUT2D eigenvalue weighted by atomic mass is 127. The van der Waals surface area contributed by atoms with Gasteiger partial charge >= 0.3 is 0 Å². The zero-order valence-electron chi connectivity index (χ0n) is 10.2. The summed E-state index contributed by atoms with van der Waals surface area (Å²) in [5.74, 6) is 0. The Bertz CT molecular complexity index is 568. The van der Waals surface area contributed by atoms with Crippen molar-refractivity contribution in [3.8, 4) is 0 Å². The summed E-state index contributed by atoms with van der Waals surface area (Å²) < 4.78 is 2.79. The first-order valence-corrected chi connectivity index (χ1v) is 7.07. The molecule has 96 valence electrons. The molecule has 0 fully saturated rings. The lowest BCUT2D eigenvalue weighted by Crippen LogP contribution is -2.08. The molecule has 18 heavy (non-hydrogen) atoms. The van der Waals surface area contributed by atoms with Crippen molar-refractivity contribution in [3.05, 3.63) is 49.8 Å². The Labute approximate surface area is 125 Å². The number of hydrogen-bond acceptors (Lipinski definition) is 2. The van der Waals surface area contributed by atoms with E-state index < -0.39 is 6.10 Å². The van der Waals surface area contributed by atoms with Crippen LogP contribution in [0.1, 0.15) is 23.1 Å². The predicted molar refractivity (Wildman–Crippen MR) is 80.8 cm³/mol. The van der Waals surface area contributed by atoms with E-state index in [0.29, 0.717) is 11.4 Å². The van der Waals surface area contributed by atoms with E-state index in [-0.39, 0.29) is 0 Å². The number of aliphatic hydroxyl groups is 1. The molecule has 1 N–H and O–H groups in total. The second-order valence-electron chi connectivity index (χ2n) is 4.21. The summed E-state index contributed by atoms with van der Waals surface area (Å²) in [5, 5.41) is 15.2. The molecule has 2 aromatic rings. The largest absolute Gasteiger partial charge is 0.388 e. The molecule has 0 aliphatic heterocycles. The summed E-state index contributed by atoms with van der Waals surface area (Å²) in [7, 11) is 1.84. The van der Waals surface area contributed by atoms with Crippen molar-refractivity contribution in [1.29, 1.82) is 0 Å². The average molecular weight is 377 g/mol. The Morgan fingerprint density at radius 2 is 2.11 bits per heavy atom. The number of rotatable bonds is 3. The number of aryl methyl sites for hydroxylation is 2. The lowest BCUT2D eigenvalue weighted by Gasteiger charge is -2.13. The molecule has 0 aliphatic carbocycles. The van der Waals surface area contributed by atoms with Crippen LogP contribution in [0.4, 0.5) is 0 Å². The van der Waals surface area contributed by atoms with Gasteiger partial charge in [-0.15, -0.1) is 0 Å². The molecule has 1 atom stereocenters. The fourth-order valence-corrected chi connectivity index (χ4v) is 2.92. The zero-order valence-corrected chi connectivity index (χ0v) is 13.1. The van der Waals surface area contributed by atoms with E-state index in [9.17, 15) is 5.11 Å². The maximum atomic E-state index is 10.3. The highest BCUT2D eigenvalue weighted by Gasteiger charge is 2.17. The van der Waals surface area contributed by atoms with Crippen LogP contribution in [0, 0.1) is 10.5 Å². The van der Waals surface area contributed by atoms with E-state index in [1.165, 1.54) is 0 Å². The topological polar surface area (TPSA) is 38.0 Å². The van der Waals surface area contributed by atoms with E-state index in [2.05, 4.69) is 27.7 Å². The van der Waals surface area contributed by atoms with Crippen molar-refractivity contribution >= 4 is 34.2 Å². The molecule has 5 heteroatoms. The smallest absolute Gasteiger partial charge is 0.0856 e. The van der Waals surface area contributed by atoms with Gasteiger partial charge in [-0.3, -0.25) is 4.68 Å². The fraction of sp³-hybridized carbons (Fsp3) is 0.308. The van der Waals surface area contributed by atoms with Gasteiger partial charge in [-0.25, -0.2) is 0 Å². The summed E-state index contributed by atoms with van der Waals surface area (Å²) in [6, 6.07) is 7.80. The van der Waals surface area contributed by atoms with Gasteiger partial charge in [0.2, 0.25) is 0 Å². The monoisotopic (exact) mass is 376 g/mol. The van der Waals surface area contributed by atoms with Gasteiger partial charge < -0.3 is 5.11 Å². The Morgan fingerprint density at radius 1 is 1.44 bits per heavy atom. The van der Waals surface area contributed by atoms with Gasteiger partial charge in [0.05, 0.1) is 22.5 Å². The maximum Gasteiger partial charge on any atom is 0.0856 e. The van der Waals surface area contributed by atoms with Crippen LogP contribution in [0.5, 0.6) is 0 Å². The van der Waals surface area contributed by atoms with Crippen LogP contribution in [0.25, 0.3) is 0 Å². The molecule has 0 radical (unpaired) electrons. The molecule has 0 spiro atoms. The van der Waals surface area contributed by atoms with Crippen LogP contribution >= 0.6 is 34.2 Å². The number of aliphatic hydroxyl groups excluding tert-OH is 1. The van der Waals surface area contributed by atoms with Gasteiger partial charge in [0.15, 0.2) is 0 Å². The molecule has 1 aromatic heterocycles. The second-order valence-corrected chi connectivity index (χ2v) is 5.75. The zero-order chi connectivity index (χ0) is 13.3. The number of aromatic nitrogens is 2. The Morgan fingerprint density at radius 3 is 2.67 bits per heavy atom. The standard InChI is InChI=1S/C13H14ClIN2O/c1-8-13(14)11(17(2)16-8)7-12(18)9-5-3-4-6-10(9)15/h3-6,12,18H,7H2,1-2H3. The summed E-state index contributed by atoms with van der Waals surface area (Å²) in [4.78, 5) is 0.